The van der Waals surface area contributed by atoms with Gasteiger partial charge in [0.05, 0.1) is 30.3 Å². The maximum Gasteiger partial charge on any atom is 0.221 e. The summed E-state index contributed by atoms with van der Waals surface area (Å²) in [6.07, 6.45) is 0.823. The first-order chi connectivity index (χ1) is 16.2. The maximum atomic E-state index is 12.6. The molecule has 0 saturated heterocycles. The van der Waals surface area contributed by atoms with Crippen LogP contribution in [0.25, 0.3) is 0 Å². The van der Waals surface area contributed by atoms with E-state index >= 15 is 0 Å². The molecule has 188 valence electrons. The van der Waals surface area contributed by atoms with Crippen LogP contribution in [0.3, 0.4) is 0 Å². The lowest BCUT2D eigenvalue weighted by Crippen LogP contribution is -2.49. The number of nitrogens with one attached hydrogen (secondary N) is 2. The number of hydrogen-bond acceptors (Lipinski definition) is 6. The molecule has 0 saturated carbocycles. The Morgan fingerprint density at radius 2 is 1.79 bits per heavy atom. The summed E-state index contributed by atoms with van der Waals surface area (Å²) in [4.78, 5) is 12.6. The quantitative estimate of drug-likeness (QED) is 0.355. The van der Waals surface area contributed by atoms with Crippen molar-refractivity contribution in [1.82, 2.24) is 10.6 Å². The Morgan fingerprint density at radius 1 is 1.09 bits per heavy atom. The zero-order valence-electron chi connectivity index (χ0n) is 20.4. The average Bonchev–Trinajstić information content (AvgIpc) is 2.83. The van der Waals surface area contributed by atoms with Crippen molar-refractivity contribution < 1.29 is 23.1 Å². The van der Waals surface area contributed by atoms with E-state index in [9.17, 15) is 18.3 Å². The number of aliphatic hydroxyl groups excluding tert-OH is 1. The van der Waals surface area contributed by atoms with Crippen LogP contribution in [0.1, 0.15) is 44.2 Å². The zero-order chi connectivity index (χ0) is 25.0. The van der Waals surface area contributed by atoms with Crippen LogP contribution in [0.15, 0.2) is 54.6 Å². The molecule has 7 nitrogen and oxygen atoms in total. The first kappa shape index (κ1) is 27.8. The Balaban J connectivity index is 1.97. The lowest BCUT2D eigenvalue weighted by molar-refractivity contribution is -0.122. The Morgan fingerprint density at radius 3 is 2.47 bits per heavy atom. The fourth-order valence-corrected chi connectivity index (χ4v) is 5.21. The molecule has 0 fully saturated rings. The van der Waals surface area contributed by atoms with Gasteiger partial charge in [-0.2, -0.15) is 0 Å². The maximum absolute atomic E-state index is 12.6. The number of carbonyl (C=O) groups excluding carboxylic acids is 1. The molecule has 1 unspecified atom stereocenters. The van der Waals surface area contributed by atoms with Crippen molar-refractivity contribution >= 4 is 15.7 Å². The Bertz CT molecular complexity index is 982. The van der Waals surface area contributed by atoms with E-state index in [4.69, 9.17) is 4.74 Å². The number of aliphatic hydroxyl groups is 1. The largest absolute Gasteiger partial charge is 0.497 e. The molecule has 0 bridgehead atoms. The lowest BCUT2D eigenvalue weighted by Gasteiger charge is -2.25. The zero-order valence-corrected chi connectivity index (χ0v) is 21.2. The van der Waals surface area contributed by atoms with Gasteiger partial charge in [-0.05, 0) is 43.0 Å². The summed E-state index contributed by atoms with van der Waals surface area (Å²) in [5.41, 5.74) is 1.99. The van der Waals surface area contributed by atoms with Gasteiger partial charge in [0, 0.05) is 19.5 Å². The molecule has 8 heteroatoms. The smallest absolute Gasteiger partial charge is 0.221 e. The fourth-order valence-electron chi connectivity index (χ4n) is 3.74. The molecule has 0 aromatic heterocycles. The number of sulfone groups is 1. The predicted molar refractivity (Wildman–Crippen MR) is 136 cm³/mol. The standard InChI is InChI=1S/C26H38N2O5S/c1-4-9-20(2)34(31,32)15-14-26(30)28-24(17-21-10-6-5-7-11-21)25(29)19-27-18-22-12-8-13-23(16-22)33-3/h5-8,10-13,16,20,24-25,27,29H,4,9,14-15,17-19H2,1-3H3,(H,28,30)/t20?,24-,25+/m0/s1. The van der Waals surface area contributed by atoms with Gasteiger partial charge in [0.15, 0.2) is 9.84 Å². The van der Waals surface area contributed by atoms with Crippen molar-refractivity contribution in [3.05, 3.63) is 65.7 Å². The second-order valence-corrected chi connectivity index (χ2v) is 11.2. The monoisotopic (exact) mass is 490 g/mol. The molecular weight excluding hydrogens is 452 g/mol. The molecule has 2 aromatic rings. The van der Waals surface area contributed by atoms with Crippen LogP contribution in [0.5, 0.6) is 5.75 Å². The van der Waals surface area contributed by atoms with E-state index in [1.165, 1.54) is 0 Å². The molecule has 0 aliphatic heterocycles. The van der Waals surface area contributed by atoms with Crippen LogP contribution in [-0.2, 0) is 27.6 Å². The topological polar surface area (TPSA) is 105 Å². The number of ether oxygens (including phenoxy) is 1. The van der Waals surface area contributed by atoms with E-state index < -0.39 is 27.2 Å². The number of rotatable bonds is 15. The van der Waals surface area contributed by atoms with Crippen molar-refractivity contribution in [2.45, 2.75) is 63.5 Å². The Kier molecular flexibility index (Phi) is 11.5. The minimum atomic E-state index is -3.33. The summed E-state index contributed by atoms with van der Waals surface area (Å²) >= 11 is 0. The van der Waals surface area contributed by atoms with E-state index in [2.05, 4.69) is 10.6 Å². The van der Waals surface area contributed by atoms with Crippen molar-refractivity contribution in [1.29, 1.82) is 0 Å². The summed E-state index contributed by atoms with van der Waals surface area (Å²) in [7, 11) is -1.71. The SMILES string of the molecule is CCCC(C)S(=O)(=O)CCC(=O)N[C@@H](Cc1ccccc1)[C@H](O)CNCc1cccc(OC)c1. The molecule has 0 aliphatic carbocycles. The number of methoxy groups -OCH3 is 1. The van der Waals surface area contributed by atoms with Crippen LogP contribution in [0, 0.1) is 0 Å². The highest BCUT2D eigenvalue weighted by Crippen LogP contribution is 2.13. The van der Waals surface area contributed by atoms with Crippen LogP contribution in [0.2, 0.25) is 0 Å². The van der Waals surface area contributed by atoms with Gasteiger partial charge in [0.2, 0.25) is 5.91 Å². The molecule has 0 radical (unpaired) electrons. The second-order valence-electron chi connectivity index (χ2n) is 8.63. The number of carbonyl (C=O) groups is 1. The number of hydrogen-bond donors (Lipinski definition) is 3. The van der Waals surface area contributed by atoms with E-state index in [1.54, 1.807) is 14.0 Å². The first-order valence-electron chi connectivity index (χ1n) is 11.8. The molecule has 2 rings (SSSR count). The van der Waals surface area contributed by atoms with Gasteiger partial charge < -0.3 is 20.5 Å². The van der Waals surface area contributed by atoms with Crippen molar-refractivity contribution in [3.63, 3.8) is 0 Å². The lowest BCUT2D eigenvalue weighted by atomic mass is 10.0. The average molecular weight is 491 g/mol. The minimum Gasteiger partial charge on any atom is -0.497 e. The number of amides is 1. The van der Waals surface area contributed by atoms with Crippen LogP contribution in [0.4, 0.5) is 0 Å². The summed E-state index contributed by atoms with van der Waals surface area (Å²) in [5.74, 6) is 0.194. The van der Waals surface area contributed by atoms with Gasteiger partial charge in [-0.15, -0.1) is 0 Å². The van der Waals surface area contributed by atoms with E-state index in [0.29, 0.717) is 19.4 Å². The van der Waals surface area contributed by atoms with Gasteiger partial charge >= 0.3 is 0 Å². The molecule has 3 N–H and O–H groups in total. The first-order valence-corrected chi connectivity index (χ1v) is 13.5. The number of benzene rings is 2. The second kappa shape index (κ2) is 14.1. The molecule has 0 spiro atoms. The summed E-state index contributed by atoms with van der Waals surface area (Å²) in [6.45, 7) is 4.43. The van der Waals surface area contributed by atoms with Crippen molar-refractivity contribution in [3.8, 4) is 5.75 Å². The van der Waals surface area contributed by atoms with E-state index in [-0.39, 0.29) is 24.6 Å². The van der Waals surface area contributed by atoms with Crippen molar-refractivity contribution in [2.24, 2.45) is 0 Å². The molecule has 1 amide bonds. The van der Waals surface area contributed by atoms with Gasteiger partial charge in [0.1, 0.15) is 5.75 Å². The van der Waals surface area contributed by atoms with E-state index in [1.807, 2.05) is 61.5 Å². The molecule has 34 heavy (non-hydrogen) atoms. The normalized spacial score (nSPS) is 14.2. The van der Waals surface area contributed by atoms with Gasteiger partial charge in [-0.25, -0.2) is 8.42 Å². The van der Waals surface area contributed by atoms with Gasteiger partial charge in [-0.1, -0.05) is 55.8 Å². The fraction of sp³-hybridized carbons (Fsp3) is 0.500. The highest BCUT2D eigenvalue weighted by Gasteiger charge is 2.24. The molecular formula is C26H38N2O5S. The Hall–Kier alpha value is -2.42. The van der Waals surface area contributed by atoms with Crippen molar-refractivity contribution in [2.75, 3.05) is 19.4 Å². The summed E-state index contributed by atoms with van der Waals surface area (Å²) < 4.78 is 30.1. The highest BCUT2D eigenvalue weighted by atomic mass is 32.2. The molecule has 0 aliphatic rings. The van der Waals surface area contributed by atoms with Crippen LogP contribution in [-0.4, -0.2) is 56.2 Å². The highest BCUT2D eigenvalue weighted by molar-refractivity contribution is 7.92. The van der Waals surface area contributed by atoms with E-state index in [0.717, 1.165) is 23.3 Å². The van der Waals surface area contributed by atoms with Crippen LogP contribution >= 0.6 is 0 Å². The third-order valence-electron chi connectivity index (χ3n) is 5.85. The molecule has 2 aromatic carbocycles. The summed E-state index contributed by atoms with van der Waals surface area (Å²) in [6, 6.07) is 16.7. The third-order valence-corrected chi connectivity index (χ3v) is 8.08. The third kappa shape index (κ3) is 9.44. The van der Waals surface area contributed by atoms with Gasteiger partial charge in [-0.3, -0.25) is 4.79 Å². The molecule has 0 heterocycles. The molecule has 3 atom stereocenters. The minimum absolute atomic E-state index is 0.119. The summed E-state index contributed by atoms with van der Waals surface area (Å²) in [5, 5.41) is 16.5. The van der Waals surface area contributed by atoms with Crippen LogP contribution < -0.4 is 15.4 Å². The van der Waals surface area contributed by atoms with Gasteiger partial charge in [0.25, 0.3) is 0 Å². The predicted octanol–water partition coefficient (Wildman–Crippen LogP) is 2.87. The Labute approximate surface area is 203 Å².